The van der Waals surface area contributed by atoms with Crippen molar-refractivity contribution in [3.63, 3.8) is 0 Å². The molecule has 8 heteroatoms. The molecule has 0 amide bonds. The summed E-state index contributed by atoms with van der Waals surface area (Å²) in [4.78, 5) is 0. The summed E-state index contributed by atoms with van der Waals surface area (Å²) >= 11 is 0. The second kappa shape index (κ2) is 3.77. The van der Waals surface area contributed by atoms with Crippen molar-refractivity contribution in [3.05, 3.63) is 0 Å². The minimum absolute atomic E-state index is 0.0108. The molecule has 1 aliphatic heterocycles. The van der Waals surface area contributed by atoms with Crippen LogP contribution in [-0.4, -0.2) is 36.9 Å². The van der Waals surface area contributed by atoms with Gasteiger partial charge in [0.1, 0.15) is 5.84 Å². The van der Waals surface area contributed by atoms with Gasteiger partial charge in [0.05, 0.1) is 6.04 Å². The molecule has 1 fully saturated rings. The molecule has 3 N–H and O–H groups in total. The largest absolute Gasteiger partial charge is 0.386 e. The number of sulfonamides is 1. The van der Waals surface area contributed by atoms with E-state index in [-0.39, 0.29) is 12.4 Å². The van der Waals surface area contributed by atoms with Crippen molar-refractivity contribution in [2.75, 3.05) is 6.54 Å². The minimum Gasteiger partial charge on any atom is -0.386 e. The second-order valence-electron chi connectivity index (χ2n) is 3.03. The number of hydrogen-bond acceptors (Lipinski definition) is 3. The lowest BCUT2D eigenvalue weighted by molar-refractivity contribution is 0.220. The molecule has 0 aromatic rings. The molecule has 0 aromatic heterocycles. The molecule has 0 spiro atoms. The fraction of sp³-hybridized carbons (Fsp3) is 0.833. The number of nitrogens with one attached hydrogen (secondary N) is 1. The molecule has 1 unspecified atom stereocenters. The van der Waals surface area contributed by atoms with Crippen LogP contribution in [0.25, 0.3) is 0 Å². The molecule has 1 saturated heterocycles. The fourth-order valence-electron chi connectivity index (χ4n) is 1.46. The Morgan fingerprint density at radius 3 is 2.57 bits per heavy atom. The number of halogens is 2. The number of alkyl halides is 2. The van der Waals surface area contributed by atoms with E-state index in [2.05, 4.69) is 0 Å². The van der Waals surface area contributed by atoms with E-state index in [0.717, 1.165) is 0 Å². The number of nitrogens with zero attached hydrogens (tertiary/aromatic N) is 1. The Morgan fingerprint density at radius 2 is 2.14 bits per heavy atom. The quantitative estimate of drug-likeness (QED) is 0.523. The molecule has 1 heterocycles. The SMILES string of the molecule is N=C(N)C1CCCN1S(=O)(=O)C(F)F. The van der Waals surface area contributed by atoms with Crippen LogP contribution in [0.4, 0.5) is 8.78 Å². The van der Waals surface area contributed by atoms with Crippen LogP contribution in [-0.2, 0) is 10.0 Å². The summed E-state index contributed by atoms with van der Waals surface area (Å²) in [5.74, 6) is -3.82. The van der Waals surface area contributed by atoms with Gasteiger partial charge in [-0.05, 0) is 12.8 Å². The first-order chi connectivity index (χ1) is 6.37. The zero-order valence-electron chi connectivity index (χ0n) is 7.28. The Balaban J connectivity index is 2.93. The summed E-state index contributed by atoms with van der Waals surface area (Å²) in [6, 6.07) is -0.894. The van der Waals surface area contributed by atoms with Crippen molar-refractivity contribution in [3.8, 4) is 0 Å². The number of nitrogens with two attached hydrogens (primary N) is 1. The smallest absolute Gasteiger partial charge is 0.350 e. The highest BCUT2D eigenvalue weighted by Crippen LogP contribution is 2.24. The van der Waals surface area contributed by atoms with E-state index in [1.807, 2.05) is 0 Å². The monoisotopic (exact) mass is 227 g/mol. The molecule has 1 aliphatic rings. The Labute approximate surface area is 80.4 Å². The highest BCUT2D eigenvalue weighted by molar-refractivity contribution is 7.89. The van der Waals surface area contributed by atoms with E-state index in [1.165, 1.54) is 0 Å². The lowest BCUT2D eigenvalue weighted by Crippen LogP contribution is -2.45. The lowest BCUT2D eigenvalue weighted by atomic mass is 10.2. The molecule has 1 rings (SSSR count). The van der Waals surface area contributed by atoms with Crippen LogP contribution in [0.15, 0.2) is 0 Å². The van der Waals surface area contributed by atoms with Gasteiger partial charge in [0.15, 0.2) is 0 Å². The molecule has 1 atom stereocenters. The molecule has 0 aromatic carbocycles. The first-order valence-corrected chi connectivity index (χ1v) is 5.50. The standard InChI is InChI=1S/C6H11F2N3O2S/c7-6(8)14(12,13)11-3-1-2-4(11)5(9)10/h4,6H,1-3H2,(H3,9,10). The summed E-state index contributed by atoms with van der Waals surface area (Å²) in [7, 11) is -4.59. The average Bonchev–Trinajstić information content (AvgIpc) is 2.51. The highest BCUT2D eigenvalue weighted by Gasteiger charge is 2.40. The third kappa shape index (κ3) is 1.85. The summed E-state index contributed by atoms with van der Waals surface area (Å²) in [6.45, 7) is 0.0108. The van der Waals surface area contributed by atoms with E-state index in [0.29, 0.717) is 17.1 Å². The third-order valence-electron chi connectivity index (χ3n) is 2.11. The molecule has 0 radical (unpaired) electrons. The maximum absolute atomic E-state index is 12.2. The van der Waals surface area contributed by atoms with Gasteiger partial charge < -0.3 is 5.73 Å². The predicted octanol–water partition coefficient (Wildman–Crippen LogP) is -0.0608. The fourth-order valence-corrected chi connectivity index (χ4v) is 2.62. The summed E-state index contributed by atoms with van der Waals surface area (Å²) in [5.41, 5.74) is 5.12. The minimum atomic E-state index is -4.59. The second-order valence-corrected chi connectivity index (χ2v) is 4.88. The third-order valence-corrected chi connectivity index (χ3v) is 3.66. The van der Waals surface area contributed by atoms with Gasteiger partial charge in [0.25, 0.3) is 10.0 Å². The van der Waals surface area contributed by atoms with Crippen molar-refractivity contribution in [1.29, 1.82) is 5.41 Å². The van der Waals surface area contributed by atoms with Crippen LogP contribution in [0.2, 0.25) is 0 Å². The van der Waals surface area contributed by atoms with Crippen molar-refractivity contribution < 1.29 is 17.2 Å². The molecular weight excluding hydrogens is 216 g/mol. The topological polar surface area (TPSA) is 87.2 Å². The zero-order valence-corrected chi connectivity index (χ0v) is 8.10. The van der Waals surface area contributed by atoms with Crippen molar-refractivity contribution in [1.82, 2.24) is 4.31 Å². The average molecular weight is 227 g/mol. The van der Waals surface area contributed by atoms with Crippen LogP contribution >= 0.6 is 0 Å². The lowest BCUT2D eigenvalue weighted by Gasteiger charge is -2.22. The van der Waals surface area contributed by atoms with Gasteiger partial charge >= 0.3 is 5.76 Å². The molecule has 0 bridgehead atoms. The van der Waals surface area contributed by atoms with E-state index in [1.54, 1.807) is 0 Å². The molecule has 0 saturated carbocycles. The first-order valence-electron chi connectivity index (χ1n) is 4.00. The molecule has 82 valence electrons. The normalized spacial score (nSPS) is 24.4. The van der Waals surface area contributed by atoms with Crippen molar-refractivity contribution in [2.45, 2.75) is 24.6 Å². The van der Waals surface area contributed by atoms with E-state index < -0.39 is 21.8 Å². The summed E-state index contributed by atoms with van der Waals surface area (Å²) < 4.78 is 47.1. The molecule has 14 heavy (non-hydrogen) atoms. The number of hydrogen-bond donors (Lipinski definition) is 2. The maximum atomic E-state index is 12.2. The molecule has 0 aliphatic carbocycles. The Morgan fingerprint density at radius 1 is 1.57 bits per heavy atom. The van der Waals surface area contributed by atoms with E-state index in [9.17, 15) is 17.2 Å². The van der Waals surface area contributed by atoms with Gasteiger partial charge in [-0.15, -0.1) is 0 Å². The number of amidine groups is 1. The molecular formula is C6H11F2N3O2S. The van der Waals surface area contributed by atoms with Crippen molar-refractivity contribution in [2.24, 2.45) is 5.73 Å². The van der Waals surface area contributed by atoms with E-state index >= 15 is 0 Å². The first kappa shape index (κ1) is 11.3. The van der Waals surface area contributed by atoms with Crippen molar-refractivity contribution >= 4 is 15.9 Å². The zero-order chi connectivity index (χ0) is 10.9. The van der Waals surface area contributed by atoms with Crippen LogP contribution in [0.1, 0.15) is 12.8 Å². The summed E-state index contributed by atoms with van der Waals surface area (Å²) in [6.07, 6.45) is 0.789. The van der Waals surface area contributed by atoms with Crippen LogP contribution in [0, 0.1) is 5.41 Å². The predicted molar refractivity (Wildman–Crippen MR) is 46.6 cm³/mol. The van der Waals surface area contributed by atoms with Gasteiger partial charge in [-0.1, -0.05) is 0 Å². The highest BCUT2D eigenvalue weighted by atomic mass is 32.2. The summed E-state index contributed by atoms with van der Waals surface area (Å²) in [5, 5.41) is 7.07. The van der Waals surface area contributed by atoms with Gasteiger partial charge in [-0.25, -0.2) is 8.42 Å². The maximum Gasteiger partial charge on any atom is 0.350 e. The Bertz CT molecular complexity index is 330. The Hall–Kier alpha value is -0.760. The van der Waals surface area contributed by atoms with Crippen LogP contribution in [0.5, 0.6) is 0 Å². The van der Waals surface area contributed by atoms with Crippen LogP contribution in [0.3, 0.4) is 0 Å². The van der Waals surface area contributed by atoms with Gasteiger partial charge in [-0.2, -0.15) is 13.1 Å². The van der Waals surface area contributed by atoms with Crippen LogP contribution < -0.4 is 5.73 Å². The number of rotatable bonds is 3. The van der Waals surface area contributed by atoms with Gasteiger partial charge in [0, 0.05) is 6.54 Å². The van der Waals surface area contributed by atoms with Gasteiger partial charge in [-0.3, -0.25) is 5.41 Å². The van der Waals surface area contributed by atoms with Gasteiger partial charge in [0.2, 0.25) is 0 Å². The van der Waals surface area contributed by atoms with E-state index in [4.69, 9.17) is 11.1 Å². The Kier molecular flexibility index (Phi) is 3.05. The molecule has 5 nitrogen and oxygen atoms in total.